The normalized spacial score (nSPS) is 29.6. The van der Waals surface area contributed by atoms with Gasteiger partial charge in [-0.15, -0.1) is 0 Å². The topological polar surface area (TPSA) is 21.3 Å². The summed E-state index contributed by atoms with van der Waals surface area (Å²) >= 11 is 0. The van der Waals surface area contributed by atoms with Gasteiger partial charge in [-0.25, -0.2) is 0 Å². The first-order valence-corrected chi connectivity index (χ1v) is 2.69. The maximum atomic E-state index is 5.11. The van der Waals surface area contributed by atoms with Crippen molar-refractivity contribution in [3.05, 3.63) is 0 Å². The Morgan fingerprint density at radius 1 is 1.86 bits per heavy atom. The van der Waals surface area contributed by atoms with Gasteiger partial charge in [0.25, 0.3) is 0 Å². The van der Waals surface area contributed by atoms with Crippen LogP contribution in [0.25, 0.3) is 0 Å². The SMILES string of the molecule is CNCC1CCO1. The van der Waals surface area contributed by atoms with Crippen LogP contribution in [0.15, 0.2) is 0 Å². The second kappa shape index (κ2) is 2.28. The standard InChI is InChI=1S/C5H11NO/c1-6-4-5-2-3-7-5/h5-6H,2-4H2,1H3. The molecule has 0 amide bonds. The highest BCUT2D eigenvalue weighted by Crippen LogP contribution is 2.08. The Balaban J connectivity index is 1.93. The Kier molecular flexibility index (Phi) is 1.65. The lowest BCUT2D eigenvalue weighted by atomic mass is 10.2. The van der Waals surface area contributed by atoms with Crippen molar-refractivity contribution in [2.75, 3.05) is 20.2 Å². The summed E-state index contributed by atoms with van der Waals surface area (Å²) in [6.07, 6.45) is 1.76. The predicted octanol–water partition coefficient (Wildman–Crippen LogP) is -0.00530. The Morgan fingerprint density at radius 2 is 2.57 bits per heavy atom. The zero-order valence-corrected chi connectivity index (χ0v) is 4.61. The van der Waals surface area contributed by atoms with Gasteiger partial charge >= 0.3 is 0 Å². The second-order valence-electron chi connectivity index (χ2n) is 1.84. The van der Waals surface area contributed by atoms with Crippen LogP contribution in [0.5, 0.6) is 0 Å². The third kappa shape index (κ3) is 1.14. The van der Waals surface area contributed by atoms with E-state index in [2.05, 4.69) is 5.32 Å². The minimum Gasteiger partial charge on any atom is -0.377 e. The number of hydrogen-bond acceptors (Lipinski definition) is 2. The van der Waals surface area contributed by atoms with E-state index in [-0.39, 0.29) is 0 Å². The van der Waals surface area contributed by atoms with Crippen molar-refractivity contribution in [3.63, 3.8) is 0 Å². The summed E-state index contributed by atoms with van der Waals surface area (Å²) < 4.78 is 5.11. The predicted molar refractivity (Wildman–Crippen MR) is 28.3 cm³/mol. The van der Waals surface area contributed by atoms with Crippen LogP contribution in [0.3, 0.4) is 0 Å². The highest BCUT2D eigenvalue weighted by molar-refractivity contribution is 4.66. The van der Waals surface area contributed by atoms with Gasteiger partial charge in [-0.1, -0.05) is 0 Å². The van der Waals surface area contributed by atoms with E-state index in [9.17, 15) is 0 Å². The highest BCUT2D eigenvalue weighted by atomic mass is 16.5. The molecule has 1 heterocycles. The summed E-state index contributed by atoms with van der Waals surface area (Å²) in [7, 11) is 1.95. The average molecular weight is 101 g/mol. The van der Waals surface area contributed by atoms with Crippen molar-refractivity contribution < 1.29 is 4.74 Å². The fourth-order valence-electron chi connectivity index (χ4n) is 0.673. The maximum absolute atomic E-state index is 5.11. The molecule has 2 nitrogen and oxygen atoms in total. The third-order valence-corrected chi connectivity index (χ3v) is 1.23. The zero-order valence-electron chi connectivity index (χ0n) is 4.61. The molecule has 0 aliphatic carbocycles. The van der Waals surface area contributed by atoms with E-state index >= 15 is 0 Å². The van der Waals surface area contributed by atoms with E-state index < -0.39 is 0 Å². The molecule has 42 valence electrons. The average Bonchev–Trinajstić information content (AvgIpc) is 1.55. The Labute approximate surface area is 43.9 Å². The van der Waals surface area contributed by atoms with E-state index in [1.54, 1.807) is 0 Å². The van der Waals surface area contributed by atoms with Gasteiger partial charge in [0, 0.05) is 13.2 Å². The molecule has 1 N–H and O–H groups in total. The minimum absolute atomic E-state index is 0.519. The van der Waals surface area contributed by atoms with Crippen LogP contribution in [0.1, 0.15) is 6.42 Å². The fraction of sp³-hybridized carbons (Fsp3) is 1.00. The molecule has 0 aromatic carbocycles. The smallest absolute Gasteiger partial charge is 0.0721 e. The van der Waals surface area contributed by atoms with E-state index in [1.807, 2.05) is 7.05 Å². The lowest BCUT2D eigenvalue weighted by molar-refractivity contribution is -0.0473. The van der Waals surface area contributed by atoms with Crippen LogP contribution in [-0.4, -0.2) is 26.3 Å². The number of nitrogens with one attached hydrogen (secondary N) is 1. The fourth-order valence-corrected chi connectivity index (χ4v) is 0.673. The number of ether oxygens (including phenoxy) is 1. The van der Waals surface area contributed by atoms with Crippen LogP contribution in [-0.2, 0) is 4.74 Å². The summed E-state index contributed by atoms with van der Waals surface area (Å²) in [6.45, 7) is 1.98. The summed E-state index contributed by atoms with van der Waals surface area (Å²) in [4.78, 5) is 0. The molecule has 1 aliphatic heterocycles. The van der Waals surface area contributed by atoms with Crippen molar-refractivity contribution in [3.8, 4) is 0 Å². The summed E-state index contributed by atoms with van der Waals surface area (Å²) in [5, 5.41) is 3.04. The summed E-state index contributed by atoms with van der Waals surface area (Å²) in [6, 6.07) is 0. The molecule has 0 saturated carbocycles. The summed E-state index contributed by atoms with van der Waals surface area (Å²) in [5.41, 5.74) is 0. The first kappa shape index (κ1) is 5.06. The quantitative estimate of drug-likeness (QED) is 0.528. The monoisotopic (exact) mass is 101 g/mol. The highest BCUT2D eigenvalue weighted by Gasteiger charge is 2.15. The van der Waals surface area contributed by atoms with Gasteiger partial charge in [0.05, 0.1) is 6.10 Å². The van der Waals surface area contributed by atoms with Gasteiger partial charge in [0.15, 0.2) is 0 Å². The van der Waals surface area contributed by atoms with Gasteiger partial charge in [-0.2, -0.15) is 0 Å². The van der Waals surface area contributed by atoms with Crippen molar-refractivity contribution in [2.24, 2.45) is 0 Å². The lowest BCUT2D eigenvalue weighted by Crippen LogP contribution is -2.35. The number of rotatable bonds is 2. The molecule has 1 aliphatic rings. The molecule has 0 radical (unpaired) electrons. The molecule has 0 bridgehead atoms. The van der Waals surface area contributed by atoms with E-state index in [0.717, 1.165) is 13.2 Å². The first-order valence-electron chi connectivity index (χ1n) is 2.69. The molecule has 1 atom stereocenters. The van der Waals surface area contributed by atoms with Crippen LogP contribution < -0.4 is 5.32 Å². The molecule has 0 aromatic heterocycles. The van der Waals surface area contributed by atoms with Crippen molar-refractivity contribution >= 4 is 0 Å². The Hall–Kier alpha value is -0.0800. The molecule has 1 saturated heterocycles. The number of likely N-dealkylation sites (N-methyl/N-ethyl adjacent to an activating group) is 1. The Morgan fingerprint density at radius 3 is 2.71 bits per heavy atom. The molecule has 2 heteroatoms. The summed E-state index contributed by atoms with van der Waals surface area (Å²) in [5.74, 6) is 0. The van der Waals surface area contributed by atoms with Gasteiger partial charge < -0.3 is 10.1 Å². The van der Waals surface area contributed by atoms with Gasteiger partial charge in [0.1, 0.15) is 0 Å². The van der Waals surface area contributed by atoms with Gasteiger partial charge in [-0.3, -0.25) is 0 Å². The zero-order chi connectivity index (χ0) is 5.11. The largest absolute Gasteiger partial charge is 0.377 e. The third-order valence-electron chi connectivity index (χ3n) is 1.23. The van der Waals surface area contributed by atoms with E-state index in [1.165, 1.54) is 6.42 Å². The molecule has 7 heavy (non-hydrogen) atoms. The number of hydrogen-bond donors (Lipinski definition) is 1. The molecule has 0 aromatic rings. The Bertz CT molecular complexity index is 52.0. The molecule has 1 rings (SSSR count). The van der Waals surface area contributed by atoms with Gasteiger partial charge in [0.2, 0.25) is 0 Å². The maximum Gasteiger partial charge on any atom is 0.0721 e. The van der Waals surface area contributed by atoms with Crippen LogP contribution in [0.2, 0.25) is 0 Å². The molecule has 1 unspecified atom stereocenters. The van der Waals surface area contributed by atoms with Crippen molar-refractivity contribution in [1.82, 2.24) is 5.32 Å². The van der Waals surface area contributed by atoms with E-state index in [4.69, 9.17) is 4.74 Å². The van der Waals surface area contributed by atoms with Crippen molar-refractivity contribution in [2.45, 2.75) is 12.5 Å². The van der Waals surface area contributed by atoms with E-state index in [0.29, 0.717) is 6.10 Å². The molecule has 0 spiro atoms. The molecule has 1 fully saturated rings. The van der Waals surface area contributed by atoms with Crippen molar-refractivity contribution in [1.29, 1.82) is 0 Å². The van der Waals surface area contributed by atoms with Gasteiger partial charge in [-0.05, 0) is 13.5 Å². The van der Waals surface area contributed by atoms with Crippen LogP contribution in [0.4, 0.5) is 0 Å². The van der Waals surface area contributed by atoms with Crippen LogP contribution in [0, 0.1) is 0 Å². The molecular formula is C5H11NO. The second-order valence-corrected chi connectivity index (χ2v) is 1.84. The molecular weight excluding hydrogens is 90.1 g/mol. The first-order chi connectivity index (χ1) is 3.43. The van der Waals surface area contributed by atoms with Crippen LogP contribution >= 0.6 is 0 Å². The lowest BCUT2D eigenvalue weighted by Gasteiger charge is -2.25. The minimum atomic E-state index is 0.519.